The van der Waals surface area contributed by atoms with E-state index in [1.807, 2.05) is 0 Å². The van der Waals surface area contributed by atoms with E-state index in [1.165, 1.54) is 13.0 Å². The van der Waals surface area contributed by atoms with Crippen molar-refractivity contribution in [2.24, 2.45) is 0 Å². The molecule has 2 aromatic carbocycles. The number of carbonyl (C=O) groups is 1. The van der Waals surface area contributed by atoms with Crippen LogP contribution in [0.2, 0.25) is 0 Å². The van der Waals surface area contributed by atoms with Crippen molar-refractivity contribution in [2.45, 2.75) is 44.6 Å². The average Bonchev–Trinajstić information content (AvgIpc) is 2.77. The van der Waals surface area contributed by atoms with Gasteiger partial charge in [0, 0.05) is 24.6 Å². The second-order valence-electron chi connectivity index (χ2n) is 8.01. The number of ether oxygens (including phenoxy) is 3. The molecule has 2 heterocycles. The van der Waals surface area contributed by atoms with Crippen molar-refractivity contribution < 1.29 is 54.1 Å². The number of phenolic OH excluding ortho intramolecular Hbond substituents is 4. The predicted octanol–water partition coefficient (Wildman–Crippen LogP) is 1.06. The molecule has 1 aliphatic heterocycles. The van der Waals surface area contributed by atoms with Crippen LogP contribution in [-0.4, -0.2) is 67.3 Å². The molecule has 0 amide bonds. The van der Waals surface area contributed by atoms with Gasteiger partial charge in [0.15, 0.2) is 23.4 Å². The highest BCUT2D eigenvalue weighted by Crippen LogP contribution is 2.39. The van der Waals surface area contributed by atoms with Crippen LogP contribution in [0.15, 0.2) is 39.5 Å². The minimum Gasteiger partial charge on any atom is -0.508 e. The Hall–Kier alpha value is -4.00. The Morgan fingerprint density at radius 2 is 1.69 bits per heavy atom. The topological polar surface area (TPSA) is 196 Å². The normalized spacial score (nSPS) is 24.3. The van der Waals surface area contributed by atoms with Gasteiger partial charge in [0.25, 0.3) is 0 Å². The Morgan fingerprint density at radius 1 is 0.971 bits per heavy atom. The molecule has 0 aliphatic carbocycles. The van der Waals surface area contributed by atoms with Crippen molar-refractivity contribution in [1.82, 2.24) is 0 Å². The highest BCUT2D eigenvalue weighted by atomic mass is 16.7. The number of esters is 1. The van der Waals surface area contributed by atoms with Gasteiger partial charge in [-0.2, -0.15) is 0 Å². The van der Waals surface area contributed by atoms with Gasteiger partial charge in [0.1, 0.15) is 34.7 Å². The molecule has 6 N–H and O–H groups in total. The summed E-state index contributed by atoms with van der Waals surface area (Å²) in [5, 5.41) is 60.0. The maximum atomic E-state index is 13.4. The molecule has 3 aromatic rings. The van der Waals surface area contributed by atoms with E-state index in [4.69, 9.17) is 18.6 Å². The molecule has 1 saturated heterocycles. The number of rotatable bonds is 4. The standard InChI is InChI=1S/C23H22O12/c1-8-17(29)19(31)22(33-9(2)24)23(32-8)35-21-18(30)16-14(28)6-11(25)7-15(16)34-20(21)10-3-4-12(26)13(27)5-10/h3-8,17,19,22-23,25-29,31H,1-2H3/t8-,17-,19+,22-,23-/m0/s1. The maximum absolute atomic E-state index is 13.4. The van der Waals surface area contributed by atoms with Crippen LogP contribution in [0.25, 0.3) is 22.3 Å². The fourth-order valence-corrected chi connectivity index (χ4v) is 3.76. The van der Waals surface area contributed by atoms with Crippen molar-refractivity contribution in [3.8, 4) is 40.1 Å². The number of fused-ring (bicyclic) bond motifs is 1. The number of carbonyl (C=O) groups excluding carboxylic acids is 1. The van der Waals surface area contributed by atoms with Gasteiger partial charge >= 0.3 is 5.97 Å². The van der Waals surface area contributed by atoms with Gasteiger partial charge < -0.3 is 49.3 Å². The van der Waals surface area contributed by atoms with E-state index in [1.54, 1.807) is 0 Å². The molecule has 0 spiro atoms. The first kappa shape index (κ1) is 24.1. The van der Waals surface area contributed by atoms with Crippen LogP contribution in [-0.2, 0) is 14.3 Å². The lowest BCUT2D eigenvalue weighted by atomic mass is 9.99. The zero-order valence-electron chi connectivity index (χ0n) is 18.4. The van der Waals surface area contributed by atoms with E-state index in [2.05, 4.69) is 0 Å². The minimum absolute atomic E-state index is 0.0469. The Kier molecular flexibility index (Phi) is 6.19. The summed E-state index contributed by atoms with van der Waals surface area (Å²) in [5.41, 5.74) is -1.11. The molecule has 1 aromatic heterocycles. The number of benzene rings is 2. The molecule has 0 bridgehead atoms. The molecule has 5 atom stereocenters. The Morgan fingerprint density at radius 3 is 2.34 bits per heavy atom. The quantitative estimate of drug-likeness (QED) is 0.225. The predicted molar refractivity (Wildman–Crippen MR) is 117 cm³/mol. The van der Waals surface area contributed by atoms with E-state index in [0.29, 0.717) is 0 Å². The van der Waals surface area contributed by atoms with Crippen LogP contribution in [0.1, 0.15) is 13.8 Å². The van der Waals surface area contributed by atoms with E-state index < -0.39 is 70.9 Å². The lowest BCUT2D eigenvalue weighted by Gasteiger charge is -2.40. The summed E-state index contributed by atoms with van der Waals surface area (Å²) in [6, 6.07) is 5.48. The highest BCUT2D eigenvalue weighted by Gasteiger charge is 2.47. The van der Waals surface area contributed by atoms with Crippen LogP contribution in [0.3, 0.4) is 0 Å². The Bertz CT molecular complexity index is 1350. The zero-order chi connectivity index (χ0) is 25.6. The van der Waals surface area contributed by atoms with Gasteiger partial charge in [-0.05, 0) is 25.1 Å². The summed E-state index contributed by atoms with van der Waals surface area (Å²) in [7, 11) is 0. The first-order valence-electron chi connectivity index (χ1n) is 10.4. The number of hydrogen-bond donors (Lipinski definition) is 6. The third kappa shape index (κ3) is 4.41. The molecule has 186 valence electrons. The summed E-state index contributed by atoms with van der Waals surface area (Å²) in [6.45, 7) is 2.48. The SMILES string of the molecule is CC(=O)O[C@@H]1[C@H](Oc2c(-c3ccc(O)c(O)c3)oc3cc(O)cc(O)c3c2=O)O[C@@H](C)[C@H](O)[C@H]1O. The molecular formula is C23H22O12. The molecule has 0 radical (unpaired) electrons. The monoisotopic (exact) mass is 490 g/mol. The molecule has 1 aliphatic rings. The number of aliphatic hydroxyl groups excluding tert-OH is 2. The van der Waals surface area contributed by atoms with Gasteiger partial charge in [-0.3, -0.25) is 9.59 Å². The zero-order valence-corrected chi connectivity index (χ0v) is 18.4. The molecule has 35 heavy (non-hydrogen) atoms. The summed E-state index contributed by atoms with van der Waals surface area (Å²) in [6.07, 6.45) is -7.22. The Balaban J connectivity index is 1.92. The van der Waals surface area contributed by atoms with Gasteiger partial charge in [-0.1, -0.05) is 0 Å². The van der Waals surface area contributed by atoms with Gasteiger partial charge in [0.2, 0.25) is 17.5 Å². The van der Waals surface area contributed by atoms with Crippen LogP contribution in [0.4, 0.5) is 0 Å². The highest BCUT2D eigenvalue weighted by molar-refractivity contribution is 5.88. The van der Waals surface area contributed by atoms with Crippen molar-refractivity contribution in [3.63, 3.8) is 0 Å². The van der Waals surface area contributed by atoms with Gasteiger partial charge in [-0.25, -0.2) is 0 Å². The van der Waals surface area contributed by atoms with Gasteiger partial charge in [0.05, 0.1) is 6.10 Å². The number of aliphatic hydroxyl groups is 2. The first-order chi connectivity index (χ1) is 16.5. The number of phenols is 4. The summed E-state index contributed by atoms with van der Waals surface area (Å²) in [4.78, 5) is 25.0. The maximum Gasteiger partial charge on any atom is 0.303 e. The summed E-state index contributed by atoms with van der Waals surface area (Å²) < 4.78 is 22.1. The van der Waals surface area contributed by atoms with Crippen molar-refractivity contribution >= 4 is 16.9 Å². The molecular weight excluding hydrogens is 468 g/mol. The fraction of sp³-hybridized carbons (Fsp3) is 0.304. The third-order valence-corrected chi connectivity index (χ3v) is 5.48. The first-order valence-corrected chi connectivity index (χ1v) is 10.4. The molecule has 0 unspecified atom stereocenters. The van der Waals surface area contributed by atoms with E-state index >= 15 is 0 Å². The molecule has 1 fully saturated rings. The largest absolute Gasteiger partial charge is 0.508 e. The van der Waals surface area contributed by atoms with E-state index in [0.717, 1.165) is 31.2 Å². The van der Waals surface area contributed by atoms with Gasteiger partial charge in [-0.15, -0.1) is 0 Å². The smallest absolute Gasteiger partial charge is 0.303 e. The number of hydrogen-bond acceptors (Lipinski definition) is 12. The molecule has 12 heteroatoms. The summed E-state index contributed by atoms with van der Waals surface area (Å²) >= 11 is 0. The molecule has 4 rings (SSSR count). The Labute approximate surface area is 196 Å². The van der Waals surface area contributed by atoms with Crippen LogP contribution in [0.5, 0.6) is 28.7 Å². The van der Waals surface area contributed by atoms with E-state index in [-0.39, 0.29) is 22.3 Å². The fourth-order valence-electron chi connectivity index (χ4n) is 3.76. The summed E-state index contributed by atoms with van der Waals surface area (Å²) in [5.74, 6) is -3.72. The van der Waals surface area contributed by atoms with Crippen molar-refractivity contribution in [2.75, 3.05) is 0 Å². The minimum atomic E-state index is -1.63. The van der Waals surface area contributed by atoms with Crippen molar-refractivity contribution in [3.05, 3.63) is 40.6 Å². The van der Waals surface area contributed by atoms with E-state index in [9.17, 15) is 40.2 Å². The van der Waals surface area contributed by atoms with Crippen LogP contribution < -0.4 is 10.2 Å². The third-order valence-electron chi connectivity index (χ3n) is 5.48. The van der Waals surface area contributed by atoms with Crippen LogP contribution >= 0.6 is 0 Å². The molecule has 0 saturated carbocycles. The second kappa shape index (κ2) is 8.98. The van der Waals surface area contributed by atoms with Crippen molar-refractivity contribution in [1.29, 1.82) is 0 Å². The number of aromatic hydroxyl groups is 4. The lowest BCUT2D eigenvalue weighted by molar-refractivity contribution is -0.273. The second-order valence-corrected chi connectivity index (χ2v) is 8.01. The average molecular weight is 490 g/mol. The van der Waals surface area contributed by atoms with Crippen LogP contribution in [0, 0.1) is 0 Å². The molecule has 12 nitrogen and oxygen atoms in total. The lowest BCUT2D eigenvalue weighted by Crippen LogP contribution is -2.59.